The van der Waals surface area contributed by atoms with Gasteiger partial charge < -0.3 is 5.32 Å². The van der Waals surface area contributed by atoms with E-state index in [1.165, 1.54) is 51.6 Å². The maximum Gasteiger partial charge on any atom is 0.0281 e. The average Bonchev–Trinajstić information content (AvgIpc) is 2.42. The first-order valence-corrected chi connectivity index (χ1v) is 8.89. The summed E-state index contributed by atoms with van der Waals surface area (Å²) in [6.45, 7) is 2.37. The highest BCUT2D eigenvalue weighted by atomic mass is 32.2. The predicted octanol–water partition coefficient (Wildman–Crippen LogP) is 3.98. The van der Waals surface area contributed by atoms with Gasteiger partial charge in [0.05, 0.1) is 0 Å². The second kappa shape index (κ2) is 5.88. The summed E-state index contributed by atoms with van der Waals surface area (Å²) in [4.78, 5) is 0. The zero-order valence-corrected chi connectivity index (χ0v) is 12.8. The van der Waals surface area contributed by atoms with E-state index in [1.807, 2.05) is 0 Å². The second-order valence-electron chi connectivity index (χ2n) is 6.16. The third-order valence-electron chi connectivity index (χ3n) is 5.03. The number of nitrogens with one attached hydrogen (secondary N) is 1. The van der Waals surface area contributed by atoms with Crippen LogP contribution in [0.2, 0.25) is 0 Å². The SMILES string of the molecule is CSC1(CNCC2CCCc3ccccc32)CCC1. The molecule has 104 valence electrons. The van der Waals surface area contributed by atoms with Crippen molar-refractivity contribution in [1.29, 1.82) is 0 Å². The molecule has 1 atom stereocenters. The molecule has 1 nitrogen and oxygen atoms in total. The highest BCUT2D eigenvalue weighted by Gasteiger charge is 2.35. The zero-order chi connectivity index (χ0) is 13.1. The van der Waals surface area contributed by atoms with Crippen LogP contribution in [0.25, 0.3) is 0 Å². The first kappa shape index (κ1) is 13.5. The second-order valence-corrected chi connectivity index (χ2v) is 7.43. The molecule has 0 aromatic heterocycles. The maximum atomic E-state index is 3.77. The van der Waals surface area contributed by atoms with E-state index < -0.39 is 0 Å². The van der Waals surface area contributed by atoms with E-state index in [-0.39, 0.29) is 0 Å². The number of fused-ring (bicyclic) bond motifs is 1. The van der Waals surface area contributed by atoms with Crippen LogP contribution in [0.5, 0.6) is 0 Å². The fourth-order valence-corrected chi connectivity index (χ4v) is 4.51. The van der Waals surface area contributed by atoms with Crippen LogP contribution < -0.4 is 5.32 Å². The van der Waals surface area contributed by atoms with E-state index in [4.69, 9.17) is 0 Å². The van der Waals surface area contributed by atoms with Crippen LogP contribution in [0.3, 0.4) is 0 Å². The quantitative estimate of drug-likeness (QED) is 0.872. The fourth-order valence-electron chi connectivity index (χ4n) is 3.56. The Kier molecular flexibility index (Phi) is 4.18. The Morgan fingerprint density at radius 2 is 2.11 bits per heavy atom. The van der Waals surface area contributed by atoms with Crippen LogP contribution in [0.15, 0.2) is 24.3 Å². The summed E-state index contributed by atoms with van der Waals surface area (Å²) < 4.78 is 0.564. The van der Waals surface area contributed by atoms with E-state index in [1.54, 1.807) is 11.1 Å². The van der Waals surface area contributed by atoms with Crippen molar-refractivity contribution in [2.24, 2.45) is 0 Å². The molecule has 1 aromatic rings. The zero-order valence-electron chi connectivity index (χ0n) is 12.0. The number of rotatable bonds is 5. The van der Waals surface area contributed by atoms with Gasteiger partial charge in [-0.15, -0.1) is 0 Å². The number of hydrogen-bond donors (Lipinski definition) is 1. The lowest BCUT2D eigenvalue weighted by Gasteiger charge is -2.41. The van der Waals surface area contributed by atoms with Gasteiger partial charge in [-0.05, 0) is 55.4 Å². The first-order valence-electron chi connectivity index (χ1n) is 7.67. The summed E-state index contributed by atoms with van der Waals surface area (Å²) in [6, 6.07) is 9.05. The Balaban J connectivity index is 1.56. The van der Waals surface area contributed by atoms with Crippen LogP contribution in [0, 0.1) is 0 Å². The molecule has 3 rings (SSSR count). The molecule has 19 heavy (non-hydrogen) atoms. The number of aryl methyl sites for hydroxylation is 1. The lowest BCUT2D eigenvalue weighted by atomic mass is 9.82. The van der Waals surface area contributed by atoms with Crippen molar-refractivity contribution in [2.75, 3.05) is 19.3 Å². The monoisotopic (exact) mass is 275 g/mol. The Labute approximate surface area is 121 Å². The van der Waals surface area contributed by atoms with Crippen molar-refractivity contribution in [3.8, 4) is 0 Å². The summed E-state index contributed by atoms with van der Waals surface area (Å²) in [7, 11) is 0. The third-order valence-corrected chi connectivity index (χ3v) is 6.45. The van der Waals surface area contributed by atoms with Crippen LogP contribution in [-0.2, 0) is 6.42 Å². The largest absolute Gasteiger partial charge is 0.315 e. The van der Waals surface area contributed by atoms with Crippen LogP contribution in [0.4, 0.5) is 0 Å². The topological polar surface area (TPSA) is 12.0 Å². The van der Waals surface area contributed by atoms with Gasteiger partial charge in [0.15, 0.2) is 0 Å². The smallest absolute Gasteiger partial charge is 0.0281 e. The highest BCUT2D eigenvalue weighted by molar-refractivity contribution is 8.00. The summed E-state index contributed by atoms with van der Waals surface area (Å²) in [5, 5.41) is 3.77. The summed E-state index contributed by atoms with van der Waals surface area (Å²) in [6.07, 6.45) is 10.5. The van der Waals surface area contributed by atoms with Crippen molar-refractivity contribution in [2.45, 2.75) is 49.2 Å². The minimum absolute atomic E-state index is 0.564. The van der Waals surface area contributed by atoms with E-state index in [0.29, 0.717) is 4.75 Å². The molecule has 2 aliphatic carbocycles. The Hall–Kier alpha value is -0.470. The minimum Gasteiger partial charge on any atom is -0.315 e. The van der Waals surface area contributed by atoms with Crippen molar-refractivity contribution < 1.29 is 0 Å². The van der Waals surface area contributed by atoms with E-state index in [2.05, 4.69) is 47.6 Å². The van der Waals surface area contributed by atoms with E-state index in [0.717, 1.165) is 5.92 Å². The van der Waals surface area contributed by atoms with Crippen molar-refractivity contribution in [3.63, 3.8) is 0 Å². The van der Waals surface area contributed by atoms with Gasteiger partial charge in [-0.2, -0.15) is 11.8 Å². The molecule has 1 saturated carbocycles. The fraction of sp³-hybridized carbons (Fsp3) is 0.647. The number of hydrogen-bond acceptors (Lipinski definition) is 2. The lowest BCUT2D eigenvalue weighted by molar-refractivity contribution is 0.340. The lowest BCUT2D eigenvalue weighted by Crippen LogP contribution is -2.44. The van der Waals surface area contributed by atoms with Gasteiger partial charge in [-0.1, -0.05) is 30.7 Å². The molecule has 2 heteroatoms. The third kappa shape index (κ3) is 2.85. The minimum atomic E-state index is 0.564. The molecule has 1 fully saturated rings. The van der Waals surface area contributed by atoms with Gasteiger partial charge in [-0.25, -0.2) is 0 Å². The molecule has 0 saturated heterocycles. The maximum absolute atomic E-state index is 3.77. The molecular formula is C17H25NS. The molecule has 0 spiro atoms. The van der Waals surface area contributed by atoms with E-state index in [9.17, 15) is 0 Å². The predicted molar refractivity (Wildman–Crippen MR) is 85.1 cm³/mol. The summed E-state index contributed by atoms with van der Waals surface area (Å²) in [5.74, 6) is 0.740. The molecule has 1 N–H and O–H groups in total. The highest BCUT2D eigenvalue weighted by Crippen LogP contribution is 2.42. The molecule has 0 amide bonds. The molecular weight excluding hydrogens is 250 g/mol. The van der Waals surface area contributed by atoms with Crippen molar-refractivity contribution in [1.82, 2.24) is 5.32 Å². The molecule has 0 aliphatic heterocycles. The van der Waals surface area contributed by atoms with Gasteiger partial charge in [0.2, 0.25) is 0 Å². The van der Waals surface area contributed by atoms with Gasteiger partial charge in [0, 0.05) is 17.8 Å². The molecule has 0 bridgehead atoms. The first-order chi connectivity index (χ1) is 9.33. The van der Waals surface area contributed by atoms with Crippen molar-refractivity contribution >= 4 is 11.8 Å². The van der Waals surface area contributed by atoms with Crippen molar-refractivity contribution in [3.05, 3.63) is 35.4 Å². The van der Waals surface area contributed by atoms with Gasteiger partial charge in [0.25, 0.3) is 0 Å². The van der Waals surface area contributed by atoms with Gasteiger partial charge >= 0.3 is 0 Å². The van der Waals surface area contributed by atoms with E-state index >= 15 is 0 Å². The number of thioether (sulfide) groups is 1. The van der Waals surface area contributed by atoms with Gasteiger partial charge in [0.1, 0.15) is 0 Å². The Morgan fingerprint density at radius 1 is 1.26 bits per heavy atom. The average molecular weight is 275 g/mol. The Morgan fingerprint density at radius 3 is 2.84 bits per heavy atom. The van der Waals surface area contributed by atoms with Crippen LogP contribution in [-0.4, -0.2) is 24.1 Å². The molecule has 0 heterocycles. The summed E-state index contributed by atoms with van der Waals surface area (Å²) in [5.41, 5.74) is 3.19. The number of benzene rings is 1. The van der Waals surface area contributed by atoms with Gasteiger partial charge in [-0.3, -0.25) is 0 Å². The molecule has 1 aromatic carbocycles. The normalized spacial score (nSPS) is 24.6. The Bertz CT molecular complexity index is 420. The standard InChI is InChI=1S/C17H25NS/c1-19-17(10-5-11-17)13-18-12-15-8-4-7-14-6-2-3-9-16(14)15/h2-3,6,9,15,18H,4-5,7-8,10-13H2,1H3. The molecule has 1 unspecified atom stereocenters. The summed E-state index contributed by atoms with van der Waals surface area (Å²) >= 11 is 2.07. The molecule has 0 radical (unpaired) electrons. The van der Waals surface area contributed by atoms with Crippen LogP contribution >= 0.6 is 11.8 Å². The molecule has 2 aliphatic rings. The van der Waals surface area contributed by atoms with Crippen LogP contribution in [0.1, 0.15) is 49.1 Å².